The fourth-order valence-corrected chi connectivity index (χ4v) is 2.13. The molecule has 0 aliphatic heterocycles. The van der Waals surface area contributed by atoms with Crippen molar-refractivity contribution in [3.63, 3.8) is 0 Å². The Hall–Kier alpha value is -2.49. The first-order chi connectivity index (χ1) is 10.2. The molecule has 0 aromatic heterocycles. The van der Waals surface area contributed by atoms with Crippen LogP contribution in [0.1, 0.15) is 28.8 Å². The van der Waals surface area contributed by atoms with E-state index < -0.39 is 0 Å². The zero-order valence-corrected chi connectivity index (χ0v) is 11.9. The molecule has 1 amide bonds. The van der Waals surface area contributed by atoms with Gasteiger partial charge in [0, 0.05) is 12.2 Å². The number of carbonyl (C=O) groups is 1. The fourth-order valence-electron chi connectivity index (χ4n) is 2.13. The highest BCUT2D eigenvalue weighted by atomic mass is 16.3. The van der Waals surface area contributed by atoms with E-state index in [1.54, 1.807) is 6.07 Å². The Labute approximate surface area is 124 Å². The molecule has 4 N–H and O–H groups in total. The lowest BCUT2D eigenvalue weighted by molar-refractivity contribution is 0.0950. The van der Waals surface area contributed by atoms with Crippen LogP contribution >= 0.6 is 0 Å². The Kier molecular flexibility index (Phi) is 5.21. The number of hydrogen-bond donors (Lipinski definition) is 3. The van der Waals surface area contributed by atoms with Crippen LogP contribution in [-0.2, 0) is 6.42 Å². The topological polar surface area (TPSA) is 75.3 Å². The molecule has 2 rings (SSSR count). The predicted molar refractivity (Wildman–Crippen MR) is 84.2 cm³/mol. The summed E-state index contributed by atoms with van der Waals surface area (Å²) < 4.78 is 0. The van der Waals surface area contributed by atoms with Crippen LogP contribution in [0.2, 0.25) is 0 Å². The summed E-state index contributed by atoms with van der Waals surface area (Å²) in [5, 5.41) is 12.4. The Morgan fingerprint density at radius 3 is 2.62 bits per heavy atom. The third kappa shape index (κ3) is 4.53. The van der Waals surface area contributed by atoms with Crippen LogP contribution in [0.5, 0.6) is 5.75 Å². The van der Waals surface area contributed by atoms with Gasteiger partial charge in [0.2, 0.25) is 0 Å². The van der Waals surface area contributed by atoms with Gasteiger partial charge in [0.05, 0.1) is 5.56 Å². The van der Waals surface area contributed by atoms with Gasteiger partial charge in [-0.15, -0.1) is 0 Å². The quantitative estimate of drug-likeness (QED) is 0.434. The van der Waals surface area contributed by atoms with Gasteiger partial charge >= 0.3 is 0 Å². The molecule has 0 fully saturated rings. The molecular formula is C17H20N2O2. The average molecular weight is 284 g/mol. The smallest absolute Gasteiger partial charge is 0.255 e. The first-order valence-electron chi connectivity index (χ1n) is 7.07. The van der Waals surface area contributed by atoms with Crippen LogP contribution < -0.4 is 11.1 Å². The maximum absolute atomic E-state index is 11.9. The number of hydrogen-bond acceptors (Lipinski definition) is 3. The van der Waals surface area contributed by atoms with Crippen molar-refractivity contribution in [2.24, 2.45) is 0 Å². The van der Waals surface area contributed by atoms with E-state index in [-0.39, 0.29) is 17.2 Å². The molecule has 0 unspecified atom stereocenters. The van der Waals surface area contributed by atoms with Gasteiger partial charge in [0.15, 0.2) is 0 Å². The molecule has 0 bridgehead atoms. The van der Waals surface area contributed by atoms with E-state index in [2.05, 4.69) is 17.4 Å². The zero-order valence-electron chi connectivity index (χ0n) is 11.9. The monoisotopic (exact) mass is 284 g/mol. The number of benzene rings is 2. The molecule has 0 heterocycles. The van der Waals surface area contributed by atoms with Crippen LogP contribution in [0.4, 0.5) is 5.69 Å². The molecule has 110 valence electrons. The summed E-state index contributed by atoms with van der Waals surface area (Å²) in [6.07, 6.45) is 2.90. The number of unbranched alkanes of at least 4 members (excludes halogenated alkanes) is 1. The predicted octanol–water partition coefficient (Wildman–Crippen LogP) is 2.73. The summed E-state index contributed by atoms with van der Waals surface area (Å²) in [5.74, 6) is -0.342. The lowest BCUT2D eigenvalue weighted by atomic mass is 10.1. The lowest BCUT2D eigenvalue weighted by Crippen LogP contribution is -2.24. The molecule has 0 saturated carbocycles. The summed E-state index contributed by atoms with van der Waals surface area (Å²) in [6.45, 7) is 0.583. The highest BCUT2D eigenvalue weighted by Crippen LogP contribution is 2.19. The van der Waals surface area contributed by atoms with Gasteiger partial charge in [-0.3, -0.25) is 4.79 Å². The first-order valence-corrected chi connectivity index (χ1v) is 7.07. The number of amides is 1. The van der Waals surface area contributed by atoms with Crippen molar-refractivity contribution in [2.75, 3.05) is 12.3 Å². The van der Waals surface area contributed by atoms with Gasteiger partial charge in [-0.2, -0.15) is 0 Å². The fraction of sp³-hybridized carbons (Fsp3) is 0.235. The number of nitrogens with one attached hydrogen (secondary N) is 1. The second-order valence-electron chi connectivity index (χ2n) is 4.98. The van der Waals surface area contributed by atoms with E-state index in [1.807, 2.05) is 18.2 Å². The summed E-state index contributed by atoms with van der Waals surface area (Å²) in [6, 6.07) is 14.7. The van der Waals surface area contributed by atoms with E-state index in [0.717, 1.165) is 19.3 Å². The third-order valence-electron chi connectivity index (χ3n) is 3.29. The number of aromatic hydroxyl groups is 1. The minimum Gasteiger partial charge on any atom is -0.507 e. The van der Waals surface area contributed by atoms with Crippen LogP contribution in [0, 0.1) is 0 Å². The number of nitrogens with two attached hydrogens (primary N) is 1. The maximum Gasteiger partial charge on any atom is 0.255 e. The number of carbonyl (C=O) groups excluding carboxylic acids is 1. The van der Waals surface area contributed by atoms with Gasteiger partial charge < -0.3 is 16.2 Å². The summed E-state index contributed by atoms with van der Waals surface area (Å²) >= 11 is 0. The number of anilines is 1. The maximum atomic E-state index is 11.9. The zero-order chi connectivity index (χ0) is 15.1. The third-order valence-corrected chi connectivity index (χ3v) is 3.29. The molecule has 0 radical (unpaired) electrons. The van der Waals surface area contributed by atoms with E-state index in [1.165, 1.54) is 17.7 Å². The molecule has 0 spiro atoms. The van der Waals surface area contributed by atoms with Crippen molar-refractivity contribution in [1.82, 2.24) is 5.32 Å². The van der Waals surface area contributed by atoms with Gasteiger partial charge in [-0.25, -0.2) is 0 Å². The molecule has 2 aromatic rings. The van der Waals surface area contributed by atoms with Gasteiger partial charge in [0.25, 0.3) is 5.91 Å². The molecule has 0 saturated heterocycles. The molecule has 0 aliphatic rings. The average Bonchev–Trinajstić information content (AvgIpc) is 2.50. The Bertz CT molecular complexity index is 597. The molecule has 0 atom stereocenters. The van der Waals surface area contributed by atoms with Crippen molar-refractivity contribution in [3.8, 4) is 5.75 Å². The number of phenolic OH excluding ortho intramolecular Hbond substituents is 1. The van der Waals surface area contributed by atoms with Gasteiger partial charge in [-0.1, -0.05) is 30.3 Å². The summed E-state index contributed by atoms with van der Waals surface area (Å²) in [4.78, 5) is 11.9. The Morgan fingerprint density at radius 1 is 1.10 bits per heavy atom. The van der Waals surface area contributed by atoms with E-state index in [9.17, 15) is 9.90 Å². The minimum absolute atomic E-state index is 0.0500. The van der Waals surface area contributed by atoms with Crippen molar-refractivity contribution in [1.29, 1.82) is 0 Å². The SMILES string of the molecule is Nc1ccc(O)c(C(=O)NCCCCc2ccccc2)c1. The normalized spacial score (nSPS) is 10.3. The van der Waals surface area contributed by atoms with Crippen LogP contribution in [0.3, 0.4) is 0 Å². The second-order valence-corrected chi connectivity index (χ2v) is 4.98. The number of aryl methyl sites for hydroxylation is 1. The molecule has 0 aliphatic carbocycles. The Morgan fingerprint density at radius 2 is 1.86 bits per heavy atom. The highest BCUT2D eigenvalue weighted by molar-refractivity contribution is 5.97. The second kappa shape index (κ2) is 7.33. The number of rotatable bonds is 6. The van der Waals surface area contributed by atoms with E-state index in [4.69, 9.17) is 5.73 Å². The standard InChI is InChI=1S/C17H20N2O2/c18-14-9-10-16(20)15(12-14)17(21)19-11-5-4-8-13-6-2-1-3-7-13/h1-3,6-7,9-10,12,20H,4-5,8,11,18H2,(H,19,21). The first kappa shape index (κ1) is 14.9. The summed E-state index contributed by atoms with van der Waals surface area (Å²) in [7, 11) is 0. The minimum atomic E-state index is -0.292. The lowest BCUT2D eigenvalue weighted by Gasteiger charge is -2.07. The van der Waals surface area contributed by atoms with E-state index >= 15 is 0 Å². The number of nitrogen functional groups attached to an aromatic ring is 1. The van der Waals surface area contributed by atoms with Gasteiger partial charge in [0.1, 0.15) is 5.75 Å². The van der Waals surface area contributed by atoms with Gasteiger partial charge in [-0.05, 0) is 43.0 Å². The number of phenols is 1. The molecular weight excluding hydrogens is 264 g/mol. The molecule has 2 aromatic carbocycles. The van der Waals surface area contributed by atoms with Crippen molar-refractivity contribution in [2.45, 2.75) is 19.3 Å². The van der Waals surface area contributed by atoms with Crippen molar-refractivity contribution in [3.05, 3.63) is 59.7 Å². The van der Waals surface area contributed by atoms with Crippen LogP contribution in [0.25, 0.3) is 0 Å². The van der Waals surface area contributed by atoms with Crippen LogP contribution in [-0.4, -0.2) is 17.6 Å². The summed E-state index contributed by atoms with van der Waals surface area (Å²) in [5.41, 5.74) is 7.60. The highest BCUT2D eigenvalue weighted by Gasteiger charge is 2.10. The largest absolute Gasteiger partial charge is 0.507 e. The molecule has 4 nitrogen and oxygen atoms in total. The van der Waals surface area contributed by atoms with Crippen LogP contribution in [0.15, 0.2) is 48.5 Å². The van der Waals surface area contributed by atoms with Crippen molar-refractivity contribution >= 4 is 11.6 Å². The molecule has 4 heteroatoms. The Balaban J connectivity index is 1.73. The van der Waals surface area contributed by atoms with E-state index in [0.29, 0.717) is 12.2 Å². The van der Waals surface area contributed by atoms with Crippen molar-refractivity contribution < 1.29 is 9.90 Å². The molecule has 21 heavy (non-hydrogen) atoms.